The van der Waals surface area contributed by atoms with Crippen LogP contribution in [0.5, 0.6) is 5.75 Å². The fraction of sp³-hybridized carbons (Fsp3) is 0.480. The highest BCUT2D eigenvalue weighted by Gasteiger charge is 2.35. The van der Waals surface area contributed by atoms with Gasteiger partial charge in [0.25, 0.3) is 0 Å². The fourth-order valence-corrected chi connectivity index (χ4v) is 4.82. The van der Waals surface area contributed by atoms with Crippen molar-refractivity contribution in [1.82, 2.24) is 20.5 Å². The van der Waals surface area contributed by atoms with Crippen LogP contribution in [0.4, 0.5) is 5.82 Å². The molecule has 1 aliphatic carbocycles. The first-order chi connectivity index (χ1) is 15.5. The summed E-state index contributed by atoms with van der Waals surface area (Å²) < 4.78 is 0. The Hall–Kier alpha value is -2.51. The number of anilines is 1. The second kappa shape index (κ2) is 9.55. The summed E-state index contributed by atoms with van der Waals surface area (Å²) in [5.41, 5.74) is 2.47. The van der Waals surface area contributed by atoms with E-state index in [0.717, 1.165) is 53.2 Å². The fourth-order valence-electron chi connectivity index (χ4n) is 4.05. The number of aromatic hydroxyl groups is 1. The van der Waals surface area contributed by atoms with E-state index < -0.39 is 0 Å². The summed E-state index contributed by atoms with van der Waals surface area (Å²) in [4.78, 5) is 7.63. The summed E-state index contributed by atoms with van der Waals surface area (Å²) in [6.07, 6.45) is 5.70. The molecule has 7 heteroatoms. The predicted octanol–water partition coefficient (Wildman–Crippen LogP) is 5.28. The molecule has 1 aliphatic heterocycles. The molecule has 5 rings (SSSR count). The van der Waals surface area contributed by atoms with Crippen LogP contribution >= 0.6 is 11.3 Å². The molecule has 32 heavy (non-hydrogen) atoms. The van der Waals surface area contributed by atoms with Crippen LogP contribution in [0.2, 0.25) is 0 Å². The van der Waals surface area contributed by atoms with Gasteiger partial charge in [-0.05, 0) is 75.4 Å². The molecule has 2 N–H and O–H groups in total. The highest BCUT2D eigenvalue weighted by molar-refractivity contribution is 7.15. The van der Waals surface area contributed by atoms with Crippen molar-refractivity contribution in [2.75, 3.05) is 24.5 Å². The molecule has 0 amide bonds. The molecule has 1 unspecified atom stereocenters. The second-order valence-electron chi connectivity index (χ2n) is 8.81. The first-order valence-electron chi connectivity index (χ1n) is 11.6. The Morgan fingerprint density at radius 3 is 2.62 bits per heavy atom. The van der Waals surface area contributed by atoms with Crippen molar-refractivity contribution in [3.63, 3.8) is 0 Å². The van der Waals surface area contributed by atoms with Gasteiger partial charge in [-0.15, -0.1) is 21.5 Å². The molecule has 3 heterocycles. The second-order valence-corrected chi connectivity index (χ2v) is 10.0. The summed E-state index contributed by atoms with van der Waals surface area (Å²) in [6, 6.07) is 9.62. The molecule has 1 saturated heterocycles. The van der Waals surface area contributed by atoms with Gasteiger partial charge in [0.05, 0.1) is 15.6 Å². The van der Waals surface area contributed by atoms with Crippen LogP contribution in [0.25, 0.3) is 21.7 Å². The number of nitrogens with zero attached hydrogens (tertiary/aromatic N) is 4. The summed E-state index contributed by atoms with van der Waals surface area (Å²) in [5.74, 6) is 1.99. The van der Waals surface area contributed by atoms with Gasteiger partial charge in [-0.25, -0.2) is 4.98 Å². The molecule has 170 valence electrons. The van der Waals surface area contributed by atoms with E-state index in [4.69, 9.17) is 0 Å². The minimum atomic E-state index is 0.145. The topological polar surface area (TPSA) is 74.2 Å². The molecule has 2 fully saturated rings. The number of aryl methyl sites for hydroxylation is 1. The molecule has 2 aliphatic rings. The molecular formula is C25H33N5OS. The number of aromatic nitrogens is 3. The summed E-state index contributed by atoms with van der Waals surface area (Å²) in [7, 11) is 0. The first-order valence-corrected chi connectivity index (χ1v) is 12.4. The third kappa shape index (κ3) is 5.10. The van der Waals surface area contributed by atoms with Crippen molar-refractivity contribution in [3.8, 4) is 27.4 Å². The zero-order chi connectivity index (χ0) is 22.7. The highest BCUT2D eigenvalue weighted by atomic mass is 32.1. The van der Waals surface area contributed by atoms with Crippen LogP contribution in [-0.2, 0) is 0 Å². The summed E-state index contributed by atoms with van der Waals surface area (Å²) in [5, 5.41) is 24.2. The zero-order valence-corrected chi connectivity index (χ0v) is 20.2. The summed E-state index contributed by atoms with van der Waals surface area (Å²) in [6.45, 7) is 11.3. The SMILES string of the molecule is CC.Cc1ncc(-c2ccc(-c3ccc(N4CCC(C)(NCC5CC5)C4)nn3)c(O)c2)s1. The zero-order valence-electron chi connectivity index (χ0n) is 19.4. The van der Waals surface area contributed by atoms with E-state index >= 15 is 0 Å². The van der Waals surface area contributed by atoms with Crippen LogP contribution in [-0.4, -0.2) is 45.5 Å². The van der Waals surface area contributed by atoms with E-state index in [-0.39, 0.29) is 11.3 Å². The van der Waals surface area contributed by atoms with E-state index in [0.29, 0.717) is 11.3 Å². The number of hydrogen-bond acceptors (Lipinski definition) is 7. The maximum absolute atomic E-state index is 10.6. The maximum Gasteiger partial charge on any atom is 0.151 e. The smallest absolute Gasteiger partial charge is 0.151 e. The van der Waals surface area contributed by atoms with Crippen LogP contribution in [0.1, 0.15) is 45.0 Å². The minimum absolute atomic E-state index is 0.145. The molecule has 1 saturated carbocycles. The summed E-state index contributed by atoms with van der Waals surface area (Å²) >= 11 is 1.61. The average molecular weight is 452 g/mol. The van der Waals surface area contributed by atoms with E-state index in [1.807, 2.05) is 51.2 Å². The number of phenolic OH excluding ortho intramolecular Hbond substituents is 1. The van der Waals surface area contributed by atoms with Crippen LogP contribution < -0.4 is 10.2 Å². The molecule has 3 aromatic rings. The monoisotopic (exact) mass is 451 g/mol. The Morgan fingerprint density at radius 1 is 1.19 bits per heavy atom. The standard InChI is InChI=1S/C23H27N5OS.C2H6/c1-15-24-13-21(30-15)17-5-6-18(20(29)11-17)19-7-8-22(27-26-19)28-10-9-23(2,14-28)25-12-16-3-4-16;1-2/h5-8,11,13,16,25,29H,3-4,9-10,12,14H2,1-2H3;1-2H3. The highest BCUT2D eigenvalue weighted by Crippen LogP contribution is 2.35. The molecule has 0 bridgehead atoms. The lowest BCUT2D eigenvalue weighted by Crippen LogP contribution is -2.45. The number of thiazole rings is 1. The van der Waals surface area contributed by atoms with Gasteiger partial charge >= 0.3 is 0 Å². The van der Waals surface area contributed by atoms with Crippen molar-refractivity contribution in [2.24, 2.45) is 5.92 Å². The largest absolute Gasteiger partial charge is 0.507 e. The van der Waals surface area contributed by atoms with E-state index in [1.165, 1.54) is 12.8 Å². The molecule has 1 atom stereocenters. The van der Waals surface area contributed by atoms with Crippen molar-refractivity contribution < 1.29 is 5.11 Å². The van der Waals surface area contributed by atoms with Crippen LogP contribution in [0.3, 0.4) is 0 Å². The number of benzene rings is 1. The van der Waals surface area contributed by atoms with Gasteiger partial charge in [0.1, 0.15) is 5.75 Å². The average Bonchev–Trinajstić information content (AvgIpc) is 3.42. The Kier molecular flexibility index (Phi) is 6.76. The Morgan fingerprint density at radius 2 is 2.00 bits per heavy atom. The Balaban J connectivity index is 0.00000119. The van der Waals surface area contributed by atoms with Crippen LogP contribution in [0, 0.1) is 12.8 Å². The molecular weight excluding hydrogens is 418 g/mol. The molecule has 6 nitrogen and oxygen atoms in total. The number of rotatable bonds is 6. The number of phenols is 1. The third-order valence-corrected chi connectivity index (χ3v) is 7.10. The number of hydrogen-bond donors (Lipinski definition) is 2. The molecule has 2 aromatic heterocycles. The van der Waals surface area contributed by atoms with Gasteiger partial charge in [-0.2, -0.15) is 0 Å². The lowest BCUT2D eigenvalue weighted by atomic mass is 10.0. The van der Waals surface area contributed by atoms with Gasteiger partial charge in [0.2, 0.25) is 0 Å². The van der Waals surface area contributed by atoms with Crippen molar-refractivity contribution in [3.05, 3.63) is 41.5 Å². The predicted molar refractivity (Wildman–Crippen MR) is 132 cm³/mol. The lowest BCUT2D eigenvalue weighted by molar-refractivity contribution is 0.383. The van der Waals surface area contributed by atoms with E-state index in [1.54, 1.807) is 17.4 Å². The van der Waals surface area contributed by atoms with Gasteiger partial charge < -0.3 is 15.3 Å². The third-order valence-electron chi connectivity index (χ3n) is 6.14. The van der Waals surface area contributed by atoms with E-state index in [9.17, 15) is 5.11 Å². The van der Waals surface area contributed by atoms with Gasteiger partial charge in [-0.1, -0.05) is 19.9 Å². The quantitative estimate of drug-likeness (QED) is 0.531. The first kappa shape index (κ1) is 22.7. The minimum Gasteiger partial charge on any atom is -0.507 e. The maximum atomic E-state index is 10.6. The lowest BCUT2D eigenvalue weighted by Gasteiger charge is -2.26. The van der Waals surface area contributed by atoms with Gasteiger partial charge in [0, 0.05) is 30.4 Å². The molecule has 0 radical (unpaired) electrons. The molecule has 1 aromatic carbocycles. The Bertz CT molecular complexity index is 1050. The van der Waals surface area contributed by atoms with Gasteiger partial charge in [0.15, 0.2) is 5.82 Å². The normalized spacial score (nSPS) is 20.2. The van der Waals surface area contributed by atoms with E-state index in [2.05, 4.69) is 32.3 Å². The van der Waals surface area contributed by atoms with Gasteiger partial charge in [-0.3, -0.25) is 0 Å². The van der Waals surface area contributed by atoms with Crippen LogP contribution in [0.15, 0.2) is 36.5 Å². The van der Waals surface area contributed by atoms with Crippen molar-refractivity contribution in [1.29, 1.82) is 0 Å². The van der Waals surface area contributed by atoms with Crippen molar-refractivity contribution >= 4 is 17.2 Å². The molecule has 0 spiro atoms. The van der Waals surface area contributed by atoms with Crippen molar-refractivity contribution in [2.45, 2.75) is 52.5 Å². The Labute approximate surface area is 194 Å². The number of nitrogens with one attached hydrogen (secondary N) is 1.